The number of para-hydroxylation sites is 2. The molecule has 2 aliphatic rings. The van der Waals surface area contributed by atoms with Crippen LogP contribution in [0.2, 0.25) is 0 Å². The number of rotatable bonds is 6. The number of carbonyl (C=O) groups is 1. The molecule has 0 radical (unpaired) electrons. The van der Waals surface area contributed by atoms with Gasteiger partial charge in [0.25, 0.3) is 0 Å². The van der Waals surface area contributed by atoms with Gasteiger partial charge >= 0.3 is 0 Å². The lowest BCUT2D eigenvalue weighted by Gasteiger charge is -2.30. The Balaban J connectivity index is 1.58. The van der Waals surface area contributed by atoms with Gasteiger partial charge in [0.1, 0.15) is 17.2 Å². The van der Waals surface area contributed by atoms with Gasteiger partial charge in [0, 0.05) is 29.2 Å². The molecule has 3 aromatic rings. The minimum atomic E-state index is -0.266. The first kappa shape index (κ1) is 22.8. The molecule has 0 fully saturated rings. The van der Waals surface area contributed by atoms with Gasteiger partial charge in [-0.1, -0.05) is 24.3 Å². The van der Waals surface area contributed by atoms with E-state index in [4.69, 9.17) is 14.2 Å². The van der Waals surface area contributed by atoms with Crippen LogP contribution in [0.1, 0.15) is 42.9 Å². The predicted octanol–water partition coefficient (Wildman–Crippen LogP) is 6.08. The van der Waals surface area contributed by atoms with Crippen molar-refractivity contribution >= 4 is 17.2 Å². The molecule has 6 nitrogen and oxygen atoms in total. The molecule has 3 aromatic carbocycles. The van der Waals surface area contributed by atoms with Crippen molar-refractivity contribution in [2.75, 3.05) is 31.5 Å². The molecule has 180 valence electrons. The number of ketones is 1. The van der Waals surface area contributed by atoms with Crippen LogP contribution in [-0.2, 0) is 4.79 Å². The highest BCUT2D eigenvalue weighted by Crippen LogP contribution is 2.46. The number of hydrogen-bond acceptors (Lipinski definition) is 6. The van der Waals surface area contributed by atoms with Crippen molar-refractivity contribution in [3.05, 3.63) is 89.1 Å². The number of nitrogens with one attached hydrogen (secondary N) is 2. The van der Waals surface area contributed by atoms with Crippen LogP contribution in [-0.4, -0.2) is 26.6 Å². The molecule has 6 heteroatoms. The first-order valence-electron chi connectivity index (χ1n) is 11.9. The smallest absolute Gasteiger partial charge is 0.163 e. The van der Waals surface area contributed by atoms with Crippen molar-refractivity contribution in [2.45, 2.75) is 31.7 Å². The van der Waals surface area contributed by atoms with E-state index in [0.29, 0.717) is 19.4 Å². The van der Waals surface area contributed by atoms with Crippen molar-refractivity contribution in [1.82, 2.24) is 0 Å². The number of allylic oxidation sites excluding steroid dienone is 1. The molecule has 1 heterocycles. The van der Waals surface area contributed by atoms with E-state index in [2.05, 4.69) is 10.6 Å². The minimum absolute atomic E-state index is 0.0231. The summed E-state index contributed by atoms with van der Waals surface area (Å²) in [6.45, 7) is 2.58. The summed E-state index contributed by atoms with van der Waals surface area (Å²) in [4.78, 5) is 13.8. The van der Waals surface area contributed by atoms with E-state index in [1.807, 2.05) is 73.7 Å². The van der Waals surface area contributed by atoms with Crippen molar-refractivity contribution in [3.63, 3.8) is 0 Å². The summed E-state index contributed by atoms with van der Waals surface area (Å²) in [6.07, 6.45) is 1.09. The lowest BCUT2D eigenvalue weighted by molar-refractivity contribution is -0.116. The second-order valence-electron chi connectivity index (χ2n) is 8.78. The lowest BCUT2D eigenvalue weighted by atomic mass is 9.78. The minimum Gasteiger partial charge on any atom is -0.497 e. The molecule has 0 spiro atoms. The fourth-order valence-electron chi connectivity index (χ4n) is 5.04. The van der Waals surface area contributed by atoms with Crippen LogP contribution < -0.4 is 24.8 Å². The Bertz CT molecular complexity index is 1270. The Morgan fingerprint density at radius 2 is 1.63 bits per heavy atom. The van der Waals surface area contributed by atoms with E-state index in [1.165, 1.54) is 0 Å². The molecule has 0 aromatic heterocycles. The number of ether oxygens (including phenoxy) is 3. The maximum atomic E-state index is 13.8. The molecule has 1 aliphatic heterocycles. The second-order valence-corrected chi connectivity index (χ2v) is 8.78. The fraction of sp³-hybridized carbons (Fsp3) is 0.276. The number of Topliss-reactive ketones (excluding diaryl/α,β-unsaturated/α-hetero) is 1. The van der Waals surface area contributed by atoms with E-state index in [1.54, 1.807) is 14.2 Å². The van der Waals surface area contributed by atoms with Gasteiger partial charge in [0.15, 0.2) is 5.78 Å². The molecule has 0 saturated carbocycles. The lowest BCUT2D eigenvalue weighted by Crippen LogP contribution is -2.27. The number of benzene rings is 3. The van der Waals surface area contributed by atoms with Gasteiger partial charge in [0.05, 0.1) is 38.2 Å². The zero-order chi connectivity index (χ0) is 24.4. The van der Waals surface area contributed by atoms with Gasteiger partial charge in [-0.3, -0.25) is 4.79 Å². The van der Waals surface area contributed by atoms with E-state index < -0.39 is 0 Å². The number of methoxy groups -OCH3 is 2. The van der Waals surface area contributed by atoms with Gasteiger partial charge in [0.2, 0.25) is 0 Å². The number of anilines is 2. The predicted molar refractivity (Wildman–Crippen MR) is 138 cm³/mol. The van der Waals surface area contributed by atoms with E-state index >= 15 is 0 Å². The summed E-state index contributed by atoms with van der Waals surface area (Å²) in [5.74, 6) is 2.43. The molecule has 1 aliphatic carbocycles. The average Bonchev–Trinajstić information content (AvgIpc) is 3.06. The first-order valence-corrected chi connectivity index (χ1v) is 11.9. The summed E-state index contributed by atoms with van der Waals surface area (Å²) in [7, 11) is 3.31. The topological polar surface area (TPSA) is 68.8 Å². The zero-order valence-electron chi connectivity index (χ0n) is 20.3. The third-order valence-corrected chi connectivity index (χ3v) is 6.71. The van der Waals surface area contributed by atoms with Gasteiger partial charge in [-0.2, -0.15) is 0 Å². The van der Waals surface area contributed by atoms with Crippen LogP contribution in [0, 0.1) is 0 Å². The summed E-state index contributed by atoms with van der Waals surface area (Å²) in [5.41, 5.74) is 5.64. The van der Waals surface area contributed by atoms with Crippen LogP contribution in [0.15, 0.2) is 78.0 Å². The van der Waals surface area contributed by atoms with E-state index in [9.17, 15) is 4.79 Å². The number of fused-ring (bicyclic) bond motifs is 1. The van der Waals surface area contributed by atoms with Crippen molar-refractivity contribution in [3.8, 4) is 17.2 Å². The van der Waals surface area contributed by atoms with Gasteiger partial charge in [-0.15, -0.1) is 0 Å². The fourth-order valence-corrected chi connectivity index (χ4v) is 5.04. The molecule has 0 bridgehead atoms. The maximum absolute atomic E-state index is 13.8. The molecule has 2 atom stereocenters. The summed E-state index contributed by atoms with van der Waals surface area (Å²) >= 11 is 0. The van der Waals surface area contributed by atoms with Crippen LogP contribution in [0.3, 0.4) is 0 Å². The Labute approximate surface area is 205 Å². The molecule has 2 unspecified atom stereocenters. The Hall–Kier alpha value is -3.93. The van der Waals surface area contributed by atoms with Crippen LogP contribution in [0.4, 0.5) is 11.4 Å². The van der Waals surface area contributed by atoms with Crippen molar-refractivity contribution < 1.29 is 19.0 Å². The van der Waals surface area contributed by atoms with Crippen molar-refractivity contribution in [1.29, 1.82) is 0 Å². The summed E-state index contributed by atoms with van der Waals surface area (Å²) < 4.78 is 16.7. The van der Waals surface area contributed by atoms with Crippen LogP contribution in [0.25, 0.3) is 0 Å². The van der Waals surface area contributed by atoms with E-state index in [0.717, 1.165) is 51.0 Å². The molecule has 0 saturated heterocycles. The first-order chi connectivity index (χ1) is 17.1. The normalized spacial score (nSPS) is 19.0. The van der Waals surface area contributed by atoms with Gasteiger partial charge in [-0.25, -0.2) is 0 Å². The van der Waals surface area contributed by atoms with Gasteiger partial charge in [-0.05, 0) is 61.4 Å². The van der Waals surface area contributed by atoms with Gasteiger partial charge < -0.3 is 24.8 Å². The molecule has 2 N–H and O–H groups in total. The van der Waals surface area contributed by atoms with Crippen molar-refractivity contribution in [2.24, 2.45) is 0 Å². The Morgan fingerprint density at radius 1 is 0.886 bits per heavy atom. The Morgan fingerprint density at radius 3 is 2.34 bits per heavy atom. The highest BCUT2D eigenvalue weighted by Gasteiger charge is 2.37. The second kappa shape index (κ2) is 9.74. The maximum Gasteiger partial charge on any atom is 0.163 e. The third-order valence-electron chi connectivity index (χ3n) is 6.71. The average molecular weight is 471 g/mol. The molecular weight excluding hydrogens is 440 g/mol. The molecule has 5 rings (SSSR count). The number of hydrogen-bond donors (Lipinski definition) is 2. The molecule has 35 heavy (non-hydrogen) atoms. The number of carbonyl (C=O) groups excluding carboxylic acids is 1. The standard InChI is InChI=1S/C29H30N2O4/c1-4-35-20-11-9-18(10-12-20)29-28-25(30-23-7-5-6-8-24(23)31-29)15-19(16-26(28)32)22-17-21(33-2)13-14-27(22)34-3/h5-14,17,19,29-31H,4,15-16H2,1-3H3. The molecular formula is C29H30N2O4. The highest BCUT2D eigenvalue weighted by atomic mass is 16.5. The SMILES string of the molecule is CCOc1ccc(C2Nc3ccccc3NC3=C2C(=O)CC(c2cc(OC)ccc2OC)C3)cc1. The quantitative estimate of drug-likeness (QED) is 0.455. The zero-order valence-corrected chi connectivity index (χ0v) is 20.3. The molecule has 0 amide bonds. The highest BCUT2D eigenvalue weighted by molar-refractivity contribution is 6.01. The van der Waals surface area contributed by atoms with Crippen LogP contribution >= 0.6 is 0 Å². The summed E-state index contributed by atoms with van der Waals surface area (Å²) in [6, 6.07) is 21.6. The summed E-state index contributed by atoms with van der Waals surface area (Å²) in [5, 5.41) is 7.21. The largest absolute Gasteiger partial charge is 0.497 e. The van der Waals surface area contributed by atoms with E-state index in [-0.39, 0.29) is 17.7 Å². The third kappa shape index (κ3) is 4.44. The Kier molecular flexibility index (Phi) is 6.36. The monoisotopic (exact) mass is 470 g/mol. The van der Waals surface area contributed by atoms with Crippen LogP contribution in [0.5, 0.6) is 17.2 Å².